The summed E-state index contributed by atoms with van der Waals surface area (Å²) in [7, 11) is 0. The van der Waals surface area contributed by atoms with Crippen LogP contribution in [0.5, 0.6) is 0 Å². The number of aromatic nitrogens is 1. The molecule has 1 aromatic carbocycles. The fraction of sp³-hybridized carbons (Fsp3) is 0.516. The summed E-state index contributed by atoms with van der Waals surface area (Å²) in [6.07, 6.45) is 5.73. The van der Waals surface area contributed by atoms with Crippen LogP contribution in [0.4, 0.5) is 0 Å². The molecule has 10 heteroatoms. The molecule has 2 aliphatic rings. The van der Waals surface area contributed by atoms with Gasteiger partial charge in [0.1, 0.15) is 12.1 Å². The number of carbonyl (C=O) groups excluding carboxylic acids is 4. The van der Waals surface area contributed by atoms with Gasteiger partial charge in [-0.1, -0.05) is 45.9 Å². The quantitative estimate of drug-likeness (QED) is 0.454. The first-order valence-electron chi connectivity index (χ1n) is 14.4. The first kappa shape index (κ1) is 30.2. The molecule has 1 fully saturated rings. The Balaban J connectivity index is 1.66. The number of cyclic esters (lactones) is 1. The minimum atomic E-state index is -1.06. The van der Waals surface area contributed by atoms with E-state index in [1.54, 1.807) is 33.9 Å². The number of hydrazine groups is 1. The predicted octanol–water partition coefficient (Wildman–Crippen LogP) is 3.28. The van der Waals surface area contributed by atoms with Gasteiger partial charge in [-0.15, -0.1) is 0 Å². The Kier molecular flexibility index (Phi) is 9.42. The Labute approximate surface area is 241 Å². The largest absolute Gasteiger partial charge is 0.452 e. The number of ether oxygens (including phenoxy) is 1. The maximum atomic E-state index is 13.2. The SMILES string of the molecule is CC1C=Cc2cc3cc(ccc3cn2)[C@@H](C)NC(=O)[C@@H]2CCCN(N2)C(=O)[C@H](C)NC(=O)[C@H](C(C)C)OC(=O)C1C. The topological polar surface area (TPSA) is 130 Å². The van der Waals surface area contributed by atoms with E-state index in [0.29, 0.717) is 19.4 Å². The highest BCUT2D eigenvalue weighted by molar-refractivity contribution is 5.91. The number of rotatable bonds is 1. The molecule has 2 aliphatic heterocycles. The molecule has 0 spiro atoms. The molecule has 3 heterocycles. The van der Waals surface area contributed by atoms with Crippen molar-refractivity contribution in [2.45, 2.75) is 78.6 Å². The average molecular weight is 564 g/mol. The molecule has 3 N–H and O–H groups in total. The Morgan fingerprint density at radius 3 is 2.41 bits per heavy atom. The van der Waals surface area contributed by atoms with E-state index in [9.17, 15) is 19.2 Å². The molecule has 41 heavy (non-hydrogen) atoms. The summed E-state index contributed by atoms with van der Waals surface area (Å²) in [6, 6.07) is 6.21. The first-order valence-corrected chi connectivity index (χ1v) is 14.4. The molecule has 0 aliphatic carbocycles. The molecular formula is C31H41N5O5. The number of esters is 1. The van der Waals surface area contributed by atoms with Gasteiger partial charge in [-0.2, -0.15) is 0 Å². The minimum Gasteiger partial charge on any atom is -0.452 e. The summed E-state index contributed by atoms with van der Waals surface area (Å²) >= 11 is 0. The minimum absolute atomic E-state index is 0.186. The van der Waals surface area contributed by atoms with Crippen molar-refractivity contribution in [3.05, 3.63) is 47.8 Å². The number of carbonyl (C=O) groups is 4. The third-order valence-corrected chi connectivity index (χ3v) is 7.96. The van der Waals surface area contributed by atoms with Crippen LogP contribution in [0.2, 0.25) is 0 Å². The van der Waals surface area contributed by atoms with Crippen molar-refractivity contribution in [3.8, 4) is 0 Å². The van der Waals surface area contributed by atoms with Crippen molar-refractivity contribution < 1.29 is 23.9 Å². The highest BCUT2D eigenvalue weighted by Gasteiger charge is 2.34. The van der Waals surface area contributed by atoms with Crippen LogP contribution < -0.4 is 16.1 Å². The van der Waals surface area contributed by atoms with Gasteiger partial charge in [0.25, 0.3) is 11.8 Å². The van der Waals surface area contributed by atoms with Crippen LogP contribution in [-0.2, 0) is 23.9 Å². The molecule has 1 saturated heterocycles. The molecule has 2 unspecified atom stereocenters. The third kappa shape index (κ3) is 7.11. The number of benzene rings is 1. The lowest BCUT2D eigenvalue weighted by molar-refractivity contribution is -0.163. The molecule has 220 valence electrons. The van der Waals surface area contributed by atoms with Gasteiger partial charge in [0.2, 0.25) is 5.91 Å². The number of amides is 3. The van der Waals surface area contributed by atoms with Crippen LogP contribution in [0.15, 0.2) is 36.5 Å². The van der Waals surface area contributed by atoms with Crippen LogP contribution in [0.25, 0.3) is 16.8 Å². The van der Waals surface area contributed by atoms with Crippen molar-refractivity contribution in [1.82, 2.24) is 26.1 Å². The van der Waals surface area contributed by atoms with Crippen LogP contribution >= 0.6 is 0 Å². The summed E-state index contributed by atoms with van der Waals surface area (Å²) in [5.74, 6) is -2.61. The molecule has 5 bridgehead atoms. The maximum absolute atomic E-state index is 13.2. The van der Waals surface area contributed by atoms with E-state index in [1.165, 1.54) is 5.01 Å². The zero-order chi connectivity index (χ0) is 29.8. The number of nitrogens with zero attached hydrogens (tertiary/aromatic N) is 2. The molecule has 0 saturated carbocycles. The van der Waals surface area contributed by atoms with Crippen molar-refractivity contribution in [2.75, 3.05) is 6.54 Å². The van der Waals surface area contributed by atoms with Crippen molar-refractivity contribution in [1.29, 1.82) is 0 Å². The number of hydrogen-bond donors (Lipinski definition) is 3. The number of fused-ring (bicyclic) bond motifs is 4. The summed E-state index contributed by atoms with van der Waals surface area (Å²) in [5.41, 5.74) is 4.72. The average Bonchev–Trinajstić information content (AvgIpc) is 2.96. The van der Waals surface area contributed by atoms with Crippen LogP contribution in [0.1, 0.15) is 71.7 Å². The van der Waals surface area contributed by atoms with E-state index in [4.69, 9.17) is 4.74 Å². The molecule has 10 nitrogen and oxygen atoms in total. The van der Waals surface area contributed by atoms with E-state index in [1.807, 2.05) is 50.3 Å². The summed E-state index contributed by atoms with van der Waals surface area (Å²) in [6.45, 7) is 11.2. The second-order valence-electron chi connectivity index (χ2n) is 11.6. The fourth-order valence-corrected chi connectivity index (χ4v) is 5.02. The summed E-state index contributed by atoms with van der Waals surface area (Å²) in [5, 5.41) is 9.12. The van der Waals surface area contributed by atoms with Crippen molar-refractivity contribution in [3.63, 3.8) is 0 Å². The first-order chi connectivity index (χ1) is 19.4. The normalized spacial score (nSPS) is 28.7. The summed E-state index contributed by atoms with van der Waals surface area (Å²) < 4.78 is 5.68. The number of hydrogen-bond acceptors (Lipinski definition) is 7. The lowest BCUT2D eigenvalue weighted by atomic mass is 9.95. The van der Waals surface area contributed by atoms with E-state index in [2.05, 4.69) is 21.0 Å². The Hall–Kier alpha value is -3.79. The van der Waals surface area contributed by atoms with Crippen molar-refractivity contribution >= 4 is 40.5 Å². The lowest BCUT2D eigenvalue weighted by Crippen LogP contribution is -2.61. The number of nitrogens with one attached hydrogen (secondary N) is 3. The number of allylic oxidation sites excluding steroid dienone is 1. The highest BCUT2D eigenvalue weighted by atomic mass is 16.5. The Morgan fingerprint density at radius 2 is 1.68 bits per heavy atom. The van der Waals surface area contributed by atoms with E-state index in [0.717, 1.165) is 22.0 Å². The van der Waals surface area contributed by atoms with Crippen LogP contribution in [0.3, 0.4) is 0 Å². The van der Waals surface area contributed by atoms with E-state index in [-0.39, 0.29) is 29.7 Å². The van der Waals surface area contributed by atoms with Gasteiger partial charge >= 0.3 is 5.97 Å². The number of pyridine rings is 1. The van der Waals surface area contributed by atoms with Gasteiger partial charge in [0.05, 0.1) is 17.7 Å². The van der Waals surface area contributed by atoms with Gasteiger partial charge in [-0.25, -0.2) is 5.43 Å². The lowest BCUT2D eigenvalue weighted by Gasteiger charge is -2.35. The molecular weight excluding hydrogens is 522 g/mol. The Bertz CT molecular complexity index is 1340. The molecule has 0 radical (unpaired) electrons. The van der Waals surface area contributed by atoms with Gasteiger partial charge in [0, 0.05) is 18.1 Å². The van der Waals surface area contributed by atoms with Gasteiger partial charge in [-0.05, 0) is 67.7 Å². The zero-order valence-corrected chi connectivity index (χ0v) is 24.6. The van der Waals surface area contributed by atoms with Crippen LogP contribution in [-0.4, -0.2) is 58.4 Å². The summed E-state index contributed by atoms with van der Waals surface area (Å²) in [4.78, 5) is 57.1. The van der Waals surface area contributed by atoms with E-state index < -0.39 is 36.0 Å². The van der Waals surface area contributed by atoms with Crippen LogP contribution in [0, 0.1) is 17.8 Å². The van der Waals surface area contributed by atoms with E-state index >= 15 is 0 Å². The van der Waals surface area contributed by atoms with Gasteiger partial charge in [-0.3, -0.25) is 29.2 Å². The third-order valence-electron chi connectivity index (χ3n) is 7.96. The maximum Gasteiger partial charge on any atom is 0.310 e. The standard InChI is InChI=1S/C31H41N5O5/c1-17(2)27-29(38)34-21(6)30(39)36-13-7-8-26(35-36)28(37)33-20(5)22-10-11-23-16-32-25(15-24(23)14-22)12-9-18(3)19(4)31(40)41-27/h9-12,14-21,26-27,35H,7-8,13H2,1-6H3,(H,33,37)(H,34,38)/t18?,19?,20-,21+,26+,27+/m1/s1. The monoisotopic (exact) mass is 563 g/mol. The molecule has 2 aromatic rings. The fourth-order valence-electron chi connectivity index (χ4n) is 5.02. The Morgan fingerprint density at radius 1 is 0.951 bits per heavy atom. The second kappa shape index (κ2) is 12.8. The van der Waals surface area contributed by atoms with Crippen molar-refractivity contribution in [2.24, 2.45) is 17.8 Å². The molecule has 3 amide bonds. The molecule has 4 rings (SSSR count). The smallest absolute Gasteiger partial charge is 0.310 e. The molecule has 1 aromatic heterocycles. The van der Waals surface area contributed by atoms with Gasteiger partial charge < -0.3 is 15.4 Å². The predicted molar refractivity (Wildman–Crippen MR) is 156 cm³/mol. The van der Waals surface area contributed by atoms with Gasteiger partial charge in [0.15, 0.2) is 6.10 Å². The second-order valence-corrected chi connectivity index (χ2v) is 11.6. The molecule has 6 atom stereocenters. The highest BCUT2D eigenvalue weighted by Crippen LogP contribution is 2.23. The zero-order valence-electron chi connectivity index (χ0n) is 24.6.